The highest BCUT2D eigenvalue weighted by Gasteiger charge is 2.31. The number of rotatable bonds is 4. The third kappa shape index (κ3) is 3.60. The smallest absolute Gasteiger partial charge is 0.409 e. The van der Waals surface area contributed by atoms with Gasteiger partial charge >= 0.3 is 6.09 Å². The van der Waals surface area contributed by atoms with Crippen molar-refractivity contribution in [2.24, 2.45) is 5.92 Å². The molecule has 0 N–H and O–H groups in total. The average molecular weight is 324 g/mol. The summed E-state index contributed by atoms with van der Waals surface area (Å²) in [6.07, 6.45) is 0.583. The molecule has 2 heterocycles. The number of hydrogen-bond donors (Lipinski definition) is 0. The fraction of sp³-hybridized carbons (Fsp3) is 0.500. The molecule has 2 aliphatic heterocycles. The highest BCUT2D eigenvalue weighted by atomic mass is 19.2. The molecule has 0 saturated carbocycles. The third-order valence-electron chi connectivity index (χ3n) is 4.30. The van der Waals surface area contributed by atoms with Crippen molar-refractivity contribution in [3.05, 3.63) is 35.4 Å². The van der Waals surface area contributed by atoms with Crippen LogP contribution in [0.4, 0.5) is 13.6 Å². The fourth-order valence-electron chi connectivity index (χ4n) is 3.05. The molecule has 2 amide bonds. The third-order valence-corrected chi connectivity index (χ3v) is 4.30. The van der Waals surface area contributed by atoms with Gasteiger partial charge in [-0.25, -0.2) is 13.6 Å². The van der Waals surface area contributed by atoms with E-state index in [0.717, 1.165) is 18.6 Å². The normalized spacial score (nSPS) is 21.0. The number of carbonyl (C=O) groups excluding carboxylic acids is 2. The van der Waals surface area contributed by atoms with Gasteiger partial charge in [0.2, 0.25) is 5.91 Å². The number of benzene rings is 1. The number of ether oxygens (including phenoxy) is 1. The zero-order valence-corrected chi connectivity index (χ0v) is 12.6. The van der Waals surface area contributed by atoms with Crippen LogP contribution >= 0.6 is 0 Å². The zero-order valence-electron chi connectivity index (χ0n) is 12.6. The van der Waals surface area contributed by atoms with Gasteiger partial charge in [0.05, 0.1) is 13.0 Å². The Kier molecular flexibility index (Phi) is 4.45. The van der Waals surface area contributed by atoms with Crippen molar-refractivity contribution in [2.45, 2.75) is 12.8 Å². The van der Waals surface area contributed by atoms with Gasteiger partial charge in [0.1, 0.15) is 6.61 Å². The van der Waals surface area contributed by atoms with E-state index in [0.29, 0.717) is 38.3 Å². The second-order valence-electron chi connectivity index (χ2n) is 5.98. The Balaban J connectivity index is 1.52. The Bertz CT molecular complexity index is 623. The van der Waals surface area contributed by atoms with Crippen LogP contribution in [-0.2, 0) is 16.0 Å². The number of carbonyl (C=O) groups is 2. The van der Waals surface area contributed by atoms with E-state index in [1.54, 1.807) is 9.80 Å². The van der Waals surface area contributed by atoms with Crippen LogP contribution in [0.1, 0.15) is 12.0 Å². The molecule has 0 aromatic heterocycles. The summed E-state index contributed by atoms with van der Waals surface area (Å²) in [5.41, 5.74) is 0.459. The van der Waals surface area contributed by atoms with E-state index >= 15 is 0 Å². The van der Waals surface area contributed by atoms with Crippen LogP contribution < -0.4 is 0 Å². The van der Waals surface area contributed by atoms with Gasteiger partial charge in [-0.05, 0) is 30.0 Å². The number of nitrogens with zero attached hydrogens (tertiary/aromatic N) is 2. The first-order valence-electron chi connectivity index (χ1n) is 7.66. The minimum Gasteiger partial charge on any atom is -0.448 e. The lowest BCUT2D eigenvalue weighted by Crippen LogP contribution is -2.34. The molecule has 1 aromatic carbocycles. The van der Waals surface area contributed by atoms with Gasteiger partial charge in [-0.15, -0.1) is 0 Å². The molecule has 1 unspecified atom stereocenters. The summed E-state index contributed by atoms with van der Waals surface area (Å²) in [7, 11) is 0. The van der Waals surface area contributed by atoms with E-state index < -0.39 is 11.6 Å². The van der Waals surface area contributed by atoms with Gasteiger partial charge in [0, 0.05) is 19.6 Å². The summed E-state index contributed by atoms with van der Waals surface area (Å²) in [5, 5.41) is 0. The highest BCUT2D eigenvalue weighted by molar-refractivity contribution is 5.79. The molecule has 0 aliphatic carbocycles. The Morgan fingerprint density at radius 2 is 2.09 bits per heavy atom. The minimum absolute atomic E-state index is 0.0513. The molecule has 3 rings (SSSR count). The Hall–Kier alpha value is -2.18. The van der Waals surface area contributed by atoms with E-state index in [-0.39, 0.29) is 24.3 Å². The SMILES string of the molecule is O=C(Cc1ccc(F)c(F)c1)N1CCC(CN2CCOC2=O)C1. The molecule has 23 heavy (non-hydrogen) atoms. The van der Waals surface area contributed by atoms with Gasteiger partial charge in [0.25, 0.3) is 0 Å². The molecule has 2 saturated heterocycles. The van der Waals surface area contributed by atoms with Crippen LogP contribution in [0.3, 0.4) is 0 Å². The van der Waals surface area contributed by atoms with Crippen molar-refractivity contribution < 1.29 is 23.1 Å². The van der Waals surface area contributed by atoms with Crippen LogP contribution in [0.25, 0.3) is 0 Å². The van der Waals surface area contributed by atoms with Crippen molar-refractivity contribution in [1.29, 1.82) is 0 Å². The van der Waals surface area contributed by atoms with Crippen molar-refractivity contribution in [3.63, 3.8) is 0 Å². The van der Waals surface area contributed by atoms with E-state index in [2.05, 4.69) is 0 Å². The maximum atomic E-state index is 13.2. The predicted molar refractivity (Wildman–Crippen MR) is 77.7 cm³/mol. The molecule has 0 spiro atoms. The largest absolute Gasteiger partial charge is 0.448 e. The topological polar surface area (TPSA) is 49.9 Å². The molecular weight excluding hydrogens is 306 g/mol. The fourth-order valence-corrected chi connectivity index (χ4v) is 3.05. The van der Waals surface area contributed by atoms with Gasteiger partial charge in [0.15, 0.2) is 11.6 Å². The molecule has 0 bridgehead atoms. The van der Waals surface area contributed by atoms with Crippen molar-refractivity contribution in [3.8, 4) is 0 Å². The molecule has 2 fully saturated rings. The molecular formula is C16H18F2N2O3. The van der Waals surface area contributed by atoms with E-state index in [9.17, 15) is 18.4 Å². The van der Waals surface area contributed by atoms with Crippen LogP contribution in [-0.4, -0.2) is 54.6 Å². The summed E-state index contributed by atoms with van der Waals surface area (Å²) in [4.78, 5) is 27.1. The van der Waals surface area contributed by atoms with E-state index in [4.69, 9.17) is 4.74 Å². The van der Waals surface area contributed by atoms with E-state index in [1.807, 2.05) is 0 Å². The van der Waals surface area contributed by atoms with Crippen molar-refractivity contribution >= 4 is 12.0 Å². The van der Waals surface area contributed by atoms with Crippen LogP contribution in [0.2, 0.25) is 0 Å². The van der Waals surface area contributed by atoms with Crippen molar-refractivity contribution in [2.75, 3.05) is 32.8 Å². The number of cyclic esters (lactones) is 1. The lowest BCUT2D eigenvalue weighted by molar-refractivity contribution is -0.129. The number of hydrogen-bond acceptors (Lipinski definition) is 3. The quantitative estimate of drug-likeness (QED) is 0.849. The summed E-state index contributed by atoms with van der Waals surface area (Å²) < 4.78 is 31.0. The molecule has 0 radical (unpaired) electrons. The second kappa shape index (κ2) is 6.52. The Morgan fingerprint density at radius 3 is 2.78 bits per heavy atom. The van der Waals surface area contributed by atoms with Crippen LogP contribution in [0.15, 0.2) is 18.2 Å². The lowest BCUT2D eigenvalue weighted by Gasteiger charge is -2.19. The second-order valence-corrected chi connectivity index (χ2v) is 5.98. The number of halogens is 2. The monoisotopic (exact) mass is 324 g/mol. The van der Waals surface area contributed by atoms with Gasteiger partial charge in [-0.3, -0.25) is 4.79 Å². The Morgan fingerprint density at radius 1 is 1.26 bits per heavy atom. The van der Waals surface area contributed by atoms with Crippen molar-refractivity contribution in [1.82, 2.24) is 9.80 Å². The van der Waals surface area contributed by atoms with Gasteiger partial charge in [-0.2, -0.15) is 0 Å². The molecule has 1 aromatic rings. The summed E-state index contributed by atoms with van der Waals surface area (Å²) >= 11 is 0. The molecule has 2 aliphatic rings. The highest BCUT2D eigenvalue weighted by Crippen LogP contribution is 2.20. The number of amides is 2. The van der Waals surface area contributed by atoms with Gasteiger partial charge < -0.3 is 14.5 Å². The molecule has 7 heteroatoms. The van der Waals surface area contributed by atoms with Crippen LogP contribution in [0, 0.1) is 17.6 Å². The molecule has 124 valence electrons. The maximum absolute atomic E-state index is 13.2. The number of likely N-dealkylation sites (tertiary alicyclic amines) is 1. The summed E-state index contributed by atoms with van der Waals surface area (Å²) in [6.45, 7) is 2.80. The maximum Gasteiger partial charge on any atom is 0.409 e. The average Bonchev–Trinajstić information content (AvgIpc) is 3.13. The lowest BCUT2D eigenvalue weighted by atomic mass is 10.1. The summed E-state index contributed by atoms with van der Waals surface area (Å²) in [6, 6.07) is 3.51. The first kappa shape index (κ1) is 15.7. The van der Waals surface area contributed by atoms with Gasteiger partial charge in [-0.1, -0.05) is 6.07 Å². The predicted octanol–water partition coefficient (Wildman–Crippen LogP) is 1.81. The first-order valence-corrected chi connectivity index (χ1v) is 7.66. The van der Waals surface area contributed by atoms with E-state index in [1.165, 1.54) is 6.07 Å². The molecule has 1 atom stereocenters. The summed E-state index contributed by atoms with van der Waals surface area (Å²) in [5.74, 6) is -1.74. The zero-order chi connectivity index (χ0) is 16.4. The minimum atomic E-state index is -0.942. The first-order chi connectivity index (χ1) is 11.0. The Labute approximate surface area is 132 Å². The molecule has 5 nitrogen and oxygen atoms in total. The standard InChI is InChI=1S/C16H18F2N2O3/c17-13-2-1-11(7-14(13)18)8-15(21)19-4-3-12(9-19)10-20-5-6-23-16(20)22/h1-2,7,12H,3-6,8-10H2. The van der Waals surface area contributed by atoms with Crippen LogP contribution in [0.5, 0.6) is 0 Å².